The summed E-state index contributed by atoms with van der Waals surface area (Å²) in [5.74, 6) is 0.345. The van der Waals surface area contributed by atoms with Gasteiger partial charge in [-0.1, -0.05) is 12.1 Å². The van der Waals surface area contributed by atoms with Crippen LogP contribution in [0.4, 0.5) is 5.69 Å². The Kier molecular flexibility index (Phi) is 6.20. The van der Waals surface area contributed by atoms with Gasteiger partial charge in [0.25, 0.3) is 11.8 Å². The fourth-order valence-corrected chi connectivity index (χ4v) is 2.44. The lowest BCUT2D eigenvalue weighted by Gasteiger charge is -2.11. The number of rotatable bonds is 8. The van der Waals surface area contributed by atoms with Gasteiger partial charge in [0.15, 0.2) is 6.61 Å². The number of anilines is 1. The maximum atomic E-state index is 12.4. The molecule has 0 aliphatic rings. The monoisotopic (exact) mass is 378 g/mol. The van der Waals surface area contributed by atoms with Crippen molar-refractivity contribution in [3.8, 4) is 5.75 Å². The Morgan fingerprint density at radius 1 is 1.00 bits per heavy atom. The van der Waals surface area contributed by atoms with Crippen molar-refractivity contribution in [1.82, 2.24) is 5.32 Å². The number of carbonyl (C=O) groups is 3. The minimum atomic E-state index is -0.411. The van der Waals surface area contributed by atoms with Gasteiger partial charge >= 0.3 is 0 Å². The van der Waals surface area contributed by atoms with Crippen LogP contribution in [0.15, 0.2) is 71.3 Å². The molecule has 7 nitrogen and oxygen atoms in total. The van der Waals surface area contributed by atoms with Crippen LogP contribution in [0, 0.1) is 0 Å². The zero-order valence-electron chi connectivity index (χ0n) is 14.9. The molecule has 2 amide bonds. The van der Waals surface area contributed by atoms with Gasteiger partial charge in [-0.2, -0.15) is 0 Å². The number of ether oxygens (including phenoxy) is 1. The molecule has 142 valence electrons. The van der Waals surface area contributed by atoms with Gasteiger partial charge in [-0.3, -0.25) is 14.4 Å². The minimum absolute atomic E-state index is 0.233. The predicted octanol–water partition coefficient (Wildman–Crippen LogP) is 3.04. The van der Waals surface area contributed by atoms with E-state index in [9.17, 15) is 14.4 Å². The summed E-state index contributed by atoms with van der Waals surface area (Å²) in [6.45, 7) is 0.0107. The molecule has 3 rings (SSSR count). The molecule has 2 N–H and O–H groups in total. The molecule has 0 radical (unpaired) electrons. The molecule has 0 unspecified atom stereocenters. The van der Waals surface area contributed by atoms with Crippen molar-refractivity contribution in [3.05, 3.63) is 83.8 Å². The lowest BCUT2D eigenvalue weighted by atomic mass is 10.1. The summed E-state index contributed by atoms with van der Waals surface area (Å²) in [4.78, 5) is 35.3. The fourth-order valence-electron chi connectivity index (χ4n) is 2.44. The third-order valence-electron chi connectivity index (χ3n) is 3.84. The van der Waals surface area contributed by atoms with Gasteiger partial charge in [0, 0.05) is 5.56 Å². The van der Waals surface area contributed by atoms with Gasteiger partial charge in [0.05, 0.1) is 24.1 Å². The van der Waals surface area contributed by atoms with Crippen LogP contribution in [-0.4, -0.2) is 24.7 Å². The number of hydrogen-bond acceptors (Lipinski definition) is 5. The van der Waals surface area contributed by atoms with Crippen LogP contribution in [0.25, 0.3) is 0 Å². The van der Waals surface area contributed by atoms with E-state index in [2.05, 4.69) is 10.6 Å². The van der Waals surface area contributed by atoms with Gasteiger partial charge in [-0.15, -0.1) is 0 Å². The number of benzene rings is 2. The molecule has 0 spiro atoms. The minimum Gasteiger partial charge on any atom is -0.484 e. The quantitative estimate of drug-likeness (QED) is 0.587. The maximum Gasteiger partial charge on any atom is 0.262 e. The Balaban J connectivity index is 1.57. The van der Waals surface area contributed by atoms with E-state index in [-0.39, 0.29) is 19.1 Å². The third kappa shape index (κ3) is 5.07. The molecule has 1 aromatic heterocycles. The average molecular weight is 378 g/mol. The Morgan fingerprint density at radius 2 is 1.79 bits per heavy atom. The lowest BCUT2D eigenvalue weighted by molar-refractivity contribution is -0.118. The Morgan fingerprint density at radius 3 is 2.50 bits per heavy atom. The highest BCUT2D eigenvalue weighted by Gasteiger charge is 2.13. The fraction of sp³-hybridized carbons (Fsp3) is 0.0952. The second-order valence-electron chi connectivity index (χ2n) is 5.83. The first kappa shape index (κ1) is 18.9. The van der Waals surface area contributed by atoms with E-state index in [1.165, 1.54) is 6.26 Å². The molecule has 1 heterocycles. The third-order valence-corrected chi connectivity index (χ3v) is 3.84. The number of para-hydroxylation sites is 1. The van der Waals surface area contributed by atoms with E-state index in [1.54, 1.807) is 60.7 Å². The number of carbonyl (C=O) groups excluding carboxylic acids is 3. The summed E-state index contributed by atoms with van der Waals surface area (Å²) in [5, 5.41) is 5.41. The summed E-state index contributed by atoms with van der Waals surface area (Å²) in [7, 11) is 0. The molecule has 0 atom stereocenters. The largest absolute Gasteiger partial charge is 0.484 e. The average Bonchev–Trinajstić information content (AvgIpc) is 3.25. The molecule has 0 fully saturated rings. The number of aldehydes is 1. The topological polar surface area (TPSA) is 97.6 Å². The summed E-state index contributed by atoms with van der Waals surface area (Å²) < 4.78 is 10.6. The summed E-state index contributed by atoms with van der Waals surface area (Å²) in [6.07, 6.45) is 2.26. The molecule has 0 saturated carbocycles. The van der Waals surface area contributed by atoms with E-state index in [0.717, 1.165) is 6.29 Å². The zero-order valence-corrected chi connectivity index (χ0v) is 14.9. The highest BCUT2D eigenvalue weighted by molar-refractivity contribution is 6.04. The molecule has 0 saturated heterocycles. The van der Waals surface area contributed by atoms with Crippen molar-refractivity contribution in [1.29, 1.82) is 0 Å². The first-order valence-corrected chi connectivity index (χ1v) is 8.53. The Hall–Kier alpha value is -3.87. The summed E-state index contributed by atoms with van der Waals surface area (Å²) in [6, 6.07) is 16.6. The number of furan rings is 1. The summed E-state index contributed by atoms with van der Waals surface area (Å²) >= 11 is 0. The Bertz CT molecular complexity index is 949. The molecule has 28 heavy (non-hydrogen) atoms. The van der Waals surface area contributed by atoms with Crippen LogP contribution in [0.2, 0.25) is 0 Å². The van der Waals surface area contributed by atoms with E-state index in [0.29, 0.717) is 28.3 Å². The van der Waals surface area contributed by atoms with Gasteiger partial charge < -0.3 is 19.8 Å². The van der Waals surface area contributed by atoms with Crippen LogP contribution in [-0.2, 0) is 11.3 Å². The highest BCUT2D eigenvalue weighted by atomic mass is 16.5. The number of amides is 2. The van der Waals surface area contributed by atoms with Crippen molar-refractivity contribution in [2.45, 2.75) is 6.54 Å². The van der Waals surface area contributed by atoms with Crippen LogP contribution >= 0.6 is 0 Å². The van der Waals surface area contributed by atoms with Crippen molar-refractivity contribution >= 4 is 23.8 Å². The molecular formula is C21H18N2O5. The van der Waals surface area contributed by atoms with E-state index < -0.39 is 5.91 Å². The summed E-state index contributed by atoms with van der Waals surface area (Å²) in [5.41, 5.74) is 1.23. The van der Waals surface area contributed by atoms with Crippen LogP contribution in [0.1, 0.15) is 26.5 Å². The Labute approximate surface area is 161 Å². The SMILES string of the molecule is O=Cc1ccc(OCC(=O)Nc2ccccc2C(=O)NCc2ccco2)cc1. The second-order valence-corrected chi connectivity index (χ2v) is 5.83. The van der Waals surface area contributed by atoms with Crippen molar-refractivity contribution in [3.63, 3.8) is 0 Å². The second kappa shape index (κ2) is 9.18. The number of nitrogens with one attached hydrogen (secondary N) is 2. The van der Waals surface area contributed by atoms with Gasteiger partial charge in [-0.25, -0.2) is 0 Å². The molecule has 2 aromatic carbocycles. The van der Waals surface area contributed by atoms with Crippen molar-refractivity contribution in [2.75, 3.05) is 11.9 Å². The predicted molar refractivity (Wildman–Crippen MR) is 102 cm³/mol. The molecule has 0 aliphatic carbocycles. The van der Waals surface area contributed by atoms with E-state index in [4.69, 9.17) is 9.15 Å². The van der Waals surface area contributed by atoms with Crippen LogP contribution in [0.3, 0.4) is 0 Å². The smallest absolute Gasteiger partial charge is 0.262 e. The molecule has 3 aromatic rings. The maximum absolute atomic E-state index is 12.4. The van der Waals surface area contributed by atoms with Gasteiger partial charge in [0.1, 0.15) is 17.8 Å². The van der Waals surface area contributed by atoms with E-state index >= 15 is 0 Å². The lowest BCUT2D eigenvalue weighted by Crippen LogP contribution is -2.26. The van der Waals surface area contributed by atoms with Crippen molar-refractivity contribution < 1.29 is 23.5 Å². The standard InChI is InChI=1S/C21H18N2O5/c24-13-15-7-9-16(10-8-15)28-14-20(25)23-19-6-2-1-5-18(19)21(26)22-12-17-4-3-11-27-17/h1-11,13H,12,14H2,(H,22,26)(H,23,25). The number of hydrogen-bond donors (Lipinski definition) is 2. The molecule has 7 heteroatoms. The first-order chi connectivity index (χ1) is 13.7. The van der Waals surface area contributed by atoms with Crippen LogP contribution in [0.5, 0.6) is 5.75 Å². The zero-order chi connectivity index (χ0) is 19.8. The van der Waals surface area contributed by atoms with Gasteiger partial charge in [-0.05, 0) is 48.5 Å². The molecule has 0 aliphatic heterocycles. The van der Waals surface area contributed by atoms with Gasteiger partial charge in [0.2, 0.25) is 0 Å². The molecular weight excluding hydrogens is 360 g/mol. The normalized spacial score (nSPS) is 10.1. The first-order valence-electron chi connectivity index (χ1n) is 8.53. The van der Waals surface area contributed by atoms with E-state index in [1.807, 2.05) is 0 Å². The molecule has 0 bridgehead atoms. The van der Waals surface area contributed by atoms with Crippen LogP contribution < -0.4 is 15.4 Å². The highest BCUT2D eigenvalue weighted by Crippen LogP contribution is 2.16. The van der Waals surface area contributed by atoms with Crippen molar-refractivity contribution in [2.24, 2.45) is 0 Å².